The molecule has 0 aromatic carbocycles. The summed E-state index contributed by atoms with van der Waals surface area (Å²) >= 11 is 1.49. The van der Waals surface area contributed by atoms with Gasteiger partial charge in [-0.25, -0.2) is 0 Å². The van der Waals surface area contributed by atoms with Crippen LogP contribution < -0.4 is 5.32 Å². The first-order chi connectivity index (χ1) is 12.3. The van der Waals surface area contributed by atoms with Crippen LogP contribution in [-0.4, -0.2) is 34.8 Å². The highest BCUT2D eigenvalue weighted by Crippen LogP contribution is 2.30. The fourth-order valence-electron chi connectivity index (χ4n) is 3.26. The molecule has 1 N–H and O–H groups in total. The number of nitrogens with one attached hydrogen (secondary N) is 1. The molecule has 2 aromatic rings. The SMILES string of the molecule is O=C(NCCC(=O)N1CCCCC[C@H]1c1ccncc1)c1ccsc1. The molecule has 5 nitrogen and oxygen atoms in total. The van der Waals surface area contributed by atoms with E-state index in [4.69, 9.17) is 0 Å². The number of amides is 2. The van der Waals surface area contributed by atoms with Crippen LogP contribution in [0.4, 0.5) is 0 Å². The van der Waals surface area contributed by atoms with Crippen LogP contribution in [0, 0.1) is 0 Å². The van der Waals surface area contributed by atoms with Gasteiger partial charge in [-0.3, -0.25) is 14.6 Å². The Morgan fingerprint density at radius 3 is 2.80 bits per heavy atom. The Kier molecular flexibility index (Phi) is 6.17. The van der Waals surface area contributed by atoms with Gasteiger partial charge in [-0.05, 0) is 42.0 Å². The van der Waals surface area contributed by atoms with Crippen LogP contribution in [0.2, 0.25) is 0 Å². The fourth-order valence-corrected chi connectivity index (χ4v) is 3.90. The second-order valence-corrected chi connectivity index (χ2v) is 7.03. The normalized spacial score (nSPS) is 17.8. The topological polar surface area (TPSA) is 62.3 Å². The van der Waals surface area contributed by atoms with Crippen LogP contribution in [0.25, 0.3) is 0 Å². The van der Waals surface area contributed by atoms with Crippen molar-refractivity contribution in [2.75, 3.05) is 13.1 Å². The average molecular weight is 357 g/mol. The first-order valence-electron chi connectivity index (χ1n) is 8.75. The van der Waals surface area contributed by atoms with Crippen LogP contribution in [0.3, 0.4) is 0 Å². The highest BCUT2D eigenvalue weighted by Gasteiger charge is 2.26. The van der Waals surface area contributed by atoms with Crippen molar-refractivity contribution < 1.29 is 9.59 Å². The minimum atomic E-state index is -0.115. The van der Waals surface area contributed by atoms with Crippen LogP contribution in [0.15, 0.2) is 41.4 Å². The lowest BCUT2D eigenvalue weighted by Gasteiger charge is -2.30. The van der Waals surface area contributed by atoms with E-state index in [2.05, 4.69) is 10.3 Å². The van der Waals surface area contributed by atoms with E-state index in [1.807, 2.05) is 27.8 Å². The number of carbonyl (C=O) groups is 2. The van der Waals surface area contributed by atoms with E-state index in [9.17, 15) is 9.59 Å². The van der Waals surface area contributed by atoms with E-state index in [1.54, 1.807) is 18.5 Å². The van der Waals surface area contributed by atoms with Gasteiger partial charge in [0, 0.05) is 42.8 Å². The van der Waals surface area contributed by atoms with E-state index >= 15 is 0 Å². The Morgan fingerprint density at radius 1 is 1.20 bits per heavy atom. The Morgan fingerprint density at radius 2 is 2.04 bits per heavy atom. The molecule has 2 aromatic heterocycles. The quantitative estimate of drug-likeness (QED) is 0.892. The van der Waals surface area contributed by atoms with Gasteiger partial charge >= 0.3 is 0 Å². The average Bonchev–Trinajstić information content (AvgIpc) is 3.07. The van der Waals surface area contributed by atoms with E-state index in [-0.39, 0.29) is 17.9 Å². The van der Waals surface area contributed by atoms with E-state index < -0.39 is 0 Å². The summed E-state index contributed by atoms with van der Waals surface area (Å²) in [6.07, 6.45) is 8.20. The highest BCUT2D eigenvalue weighted by atomic mass is 32.1. The van der Waals surface area contributed by atoms with Gasteiger partial charge in [-0.15, -0.1) is 0 Å². The Hall–Kier alpha value is -2.21. The summed E-state index contributed by atoms with van der Waals surface area (Å²) in [4.78, 5) is 30.8. The molecule has 1 atom stereocenters. The second-order valence-electron chi connectivity index (χ2n) is 6.25. The number of nitrogens with zero attached hydrogens (tertiary/aromatic N) is 2. The first kappa shape index (κ1) is 17.6. The summed E-state index contributed by atoms with van der Waals surface area (Å²) in [5, 5.41) is 6.52. The predicted molar refractivity (Wildman–Crippen MR) is 98.4 cm³/mol. The second kappa shape index (κ2) is 8.76. The molecule has 0 saturated carbocycles. The van der Waals surface area contributed by atoms with Crippen LogP contribution in [0.5, 0.6) is 0 Å². The lowest BCUT2D eigenvalue weighted by Crippen LogP contribution is -2.37. The zero-order valence-electron chi connectivity index (χ0n) is 14.2. The van der Waals surface area contributed by atoms with Crippen molar-refractivity contribution in [1.29, 1.82) is 0 Å². The summed E-state index contributed by atoms with van der Waals surface area (Å²) < 4.78 is 0. The largest absolute Gasteiger partial charge is 0.351 e. The lowest BCUT2D eigenvalue weighted by molar-refractivity contribution is -0.133. The molecule has 3 rings (SSSR count). The van der Waals surface area contributed by atoms with Crippen LogP contribution in [0.1, 0.15) is 54.1 Å². The van der Waals surface area contributed by atoms with Gasteiger partial charge in [-0.2, -0.15) is 11.3 Å². The lowest BCUT2D eigenvalue weighted by atomic mass is 10.0. The smallest absolute Gasteiger partial charge is 0.252 e. The zero-order valence-corrected chi connectivity index (χ0v) is 15.0. The molecular weight excluding hydrogens is 334 g/mol. The molecular formula is C19H23N3O2S. The monoisotopic (exact) mass is 357 g/mol. The summed E-state index contributed by atoms with van der Waals surface area (Å²) in [5.41, 5.74) is 1.80. The maximum atomic E-state index is 12.8. The Bertz CT molecular complexity index is 688. The molecule has 1 saturated heterocycles. The summed E-state index contributed by atoms with van der Waals surface area (Å²) in [5.74, 6) is -0.00932. The molecule has 0 radical (unpaired) electrons. The minimum Gasteiger partial charge on any atom is -0.351 e. The molecule has 25 heavy (non-hydrogen) atoms. The van der Waals surface area contributed by atoms with Gasteiger partial charge in [-0.1, -0.05) is 12.8 Å². The third-order valence-corrected chi connectivity index (χ3v) is 5.26. The van der Waals surface area contributed by atoms with Gasteiger partial charge in [0.1, 0.15) is 0 Å². The van der Waals surface area contributed by atoms with Crippen molar-refractivity contribution in [1.82, 2.24) is 15.2 Å². The third kappa shape index (κ3) is 4.66. The standard InChI is InChI=1S/C19H23N3O2S/c23-18(7-11-21-19(24)16-8-13-25-14-16)22-12-3-1-2-4-17(22)15-5-9-20-10-6-15/h5-6,8-10,13-14,17H,1-4,7,11-12H2,(H,21,24)/t17-/m0/s1. The number of rotatable bonds is 5. The van der Waals surface area contributed by atoms with Crippen molar-refractivity contribution in [3.8, 4) is 0 Å². The number of likely N-dealkylation sites (tertiary alicyclic amines) is 1. The number of carbonyl (C=O) groups excluding carboxylic acids is 2. The van der Waals surface area contributed by atoms with Crippen molar-refractivity contribution in [2.24, 2.45) is 0 Å². The molecule has 6 heteroatoms. The maximum absolute atomic E-state index is 12.8. The summed E-state index contributed by atoms with van der Waals surface area (Å²) in [7, 11) is 0. The van der Waals surface area contributed by atoms with Gasteiger partial charge in [0.15, 0.2) is 0 Å². The van der Waals surface area contributed by atoms with Gasteiger partial charge in [0.25, 0.3) is 5.91 Å². The number of pyridine rings is 1. The number of hydrogen-bond acceptors (Lipinski definition) is 4. The van der Waals surface area contributed by atoms with Crippen LogP contribution in [-0.2, 0) is 4.79 Å². The van der Waals surface area contributed by atoms with E-state index in [1.165, 1.54) is 11.3 Å². The minimum absolute atomic E-state index is 0.106. The maximum Gasteiger partial charge on any atom is 0.252 e. The van der Waals surface area contributed by atoms with Gasteiger partial charge < -0.3 is 10.2 Å². The van der Waals surface area contributed by atoms with Crippen molar-refractivity contribution in [3.63, 3.8) is 0 Å². The number of aromatic nitrogens is 1. The molecule has 1 fully saturated rings. The van der Waals surface area contributed by atoms with Crippen LogP contribution >= 0.6 is 11.3 Å². The van der Waals surface area contributed by atoms with E-state index in [0.717, 1.165) is 37.8 Å². The van der Waals surface area contributed by atoms with Crippen molar-refractivity contribution in [3.05, 3.63) is 52.5 Å². The third-order valence-electron chi connectivity index (χ3n) is 4.57. The molecule has 0 spiro atoms. The predicted octanol–water partition coefficient (Wildman–Crippen LogP) is 3.41. The molecule has 132 valence electrons. The zero-order chi connectivity index (χ0) is 17.5. The van der Waals surface area contributed by atoms with Gasteiger partial charge in [0.05, 0.1) is 6.04 Å². The van der Waals surface area contributed by atoms with Crippen molar-refractivity contribution in [2.45, 2.75) is 38.1 Å². The first-order valence-corrected chi connectivity index (χ1v) is 9.70. The number of thiophene rings is 1. The molecule has 0 unspecified atom stereocenters. The molecule has 0 aliphatic carbocycles. The summed E-state index contributed by atoms with van der Waals surface area (Å²) in [6, 6.07) is 5.89. The highest BCUT2D eigenvalue weighted by molar-refractivity contribution is 7.08. The molecule has 1 aliphatic heterocycles. The molecule has 2 amide bonds. The molecule has 0 bridgehead atoms. The molecule has 1 aliphatic rings. The summed E-state index contributed by atoms with van der Waals surface area (Å²) in [6.45, 7) is 1.15. The Labute approximate surface area is 152 Å². The number of hydrogen-bond donors (Lipinski definition) is 1. The Balaban J connectivity index is 1.59. The van der Waals surface area contributed by atoms with Crippen molar-refractivity contribution >= 4 is 23.2 Å². The fraction of sp³-hybridized carbons (Fsp3) is 0.421. The molecule has 3 heterocycles. The van der Waals surface area contributed by atoms with Gasteiger partial charge in [0.2, 0.25) is 5.91 Å². The van der Waals surface area contributed by atoms with E-state index in [0.29, 0.717) is 18.5 Å².